The summed E-state index contributed by atoms with van der Waals surface area (Å²) in [5.74, 6) is -6.73. The summed E-state index contributed by atoms with van der Waals surface area (Å²) in [4.78, 5) is 0. The van der Waals surface area contributed by atoms with Crippen molar-refractivity contribution in [3.05, 3.63) is 0 Å². The monoisotopic (exact) mass is 226 g/mol. The molecule has 0 radical (unpaired) electrons. The average molecular weight is 226 g/mol. The first kappa shape index (κ1) is 13.5. The van der Waals surface area contributed by atoms with Crippen LogP contribution in [0.4, 0.5) is 26.3 Å². The van der Waals surface area contributed by atoms with Gasteiger partial charge in [0.25, 0.3) is 0 Å². The second-order valence-corrected chi connectivity index (χ2v) is 3.06. The lowest BCUT2D eigenvalue weighted by molar-refractivity contribution is -0.308. The van der Waals surface area contributed by atoms with Crippen LogP contribution in [0.1, 0.15) is 13.3 Å². The lowest BCUT2D eigenvalue weighted by atomic mass is 9.99. The second-order valence-electron chi connectivity index (χ2n) is 3.06. The summed E-state index contributed by atoms with van der Waals surface area (Å²) in [5, 5.41) is 16.9. The summed E-state index contributed by atoms with van der Waals surface area (Å²) in [6, 6.07) is 0. The Balaban J connectivity index is 4.78. The van der Waals surface area contributed by atoms with Crippen LogP contribution in [0, 0.1) is 5.92 Å². The molecule has 0 atom stereocenters. The summed E-state index contributed by atoms with van der Waals surface area (Å²) >= 11 is 0. The quantitative estimate of drug-likeness (QED) is 0.557. The molecule has 0 unspecified atom stereocenters. The van der Waals surface area contributed by atoms with Crippen molar-refractivity contribution in [2.45, 2.75) is 31.5 Å². The Bertz CT molecular complexity index is 174. The van der Waals surface area contributed by atoms with Gasteiger partial charge in [0.05, 0.1) is 0 Å². The highest BCUT2D eigenvalue weighted by Crippen LogP contribution is 2.43. The molecule has 0 rings (SSSR count). The summed E-state index contributed by atoms with van der Waals surface area (Å²) in [7, 11) is 0. The molecule has 86 valence electrons. The number of halogens is 6. The van der Waals surface area contributed by atoms with Crippen molar-refractivity contribution >= 4 is 0 Å². The maximum atomic E-state index is 11.8. The normalized spacial score (nSPS) is 15.0. The lowest BCUT2D eigenvalue weighted by Gasteiger charge is -2.27. The summed E-state index contributed by atoms with van der Waals surface area (Å²) in [6.07, 6.45) is -12.9. The molecule has 0 saturated heterocycles. The highest BCUT2D eigenvalue weighted by atomic mass is 19.4. The van der Waals surface area contributed by atoms with Crippen LogP contribution >= 0.6 is 0 Å². The molecular weight excluding hydrogens is 218 g/mol. The molecular formula is C6H8F6O2. The molecule has 0 spiro atoms. The molecule has 0 heterocycles. The van der Waals surface area contributed by atoms with Gasteiger partial charge >= 0.3 is 12.4 Å². The molecule has 8 heteroatoms. The number of hydrogen-bond acceptors (Lipinski definition) is 2. The van der Waals surface area contributed by atoms with E-state index in [9.17, 15) is 26.3 Å². The topological polar surface area (TPSA) is 40.5 Å². The third-order valence-electron chi connectivity index (χ3n) is 1.38. The zero-order valence-corrected chi connectivity index (χ0v) is 6.95. The molecule has 0 aromatic carbocycles. The first-order valence-corrected chi connectivity index (χ1v) is 3.42. The van der Waals surface area contributed by atoms with Gasteiger partial charge in [0.1, 0.15) is 0 Å². The number of rotatable bonds is 2. The smallest absolute Gasteiger partial charge is 0.366 e. The number of aliphatic hydroxyl groups is 2. The Hall–Kier alpha value is -0.500. The fourth-order valence-electron chi connectivity index (χ4n) is 0.804. The van der Waals surface area contributed by atoms with Crippen molar-refractivity contribution in [2.24, 2.45) is 5.92 Å². The first-order chi connectivity index (χ1) is 5.84. The third kappa shape index (κ3) is 4.66. The van der Waals surface area contributed by atoms with E-state index in [1.54, 1.807) is 0 Å². The highest BCUT2D eigenvalue weighted by Gasteiger charge is 2.58. The van der Waals surface area contributed by atoms with Crippen LogP contribution in [0.5, 0.6) is 0 Å². The highest BCUT2D eigenvalue weighted by molar-refractivity contribution is 4.79. The van der Waals surface area contributed by atoms with Gasteiger partial charge in [-0.1, -0.05) is 0 Å². The molecule has 2 N–H and O–H groups in total. The van der Waals surface area contributed by atoms with Crippen LogP contribution < -0.4 is 0 Å². The summed E-state index contributed by atoms with van der Waals surface area (Å²) in [5.41, 5.74) is 0. The first-order valence-electron chi connectivity index (χ1n) is 3.42. The van der Waals surface area contributed by atoms with Crippen LogP contribution in [0.2, 0.25) is 0 Å². The molecule has 0 saturated carbocycles. The molecule has 2 nitrogen and oxygen atoms in total. The maximum Gasteiger partial charge on any atom is 0.400 e. The van der Waals surface area contributed by atoms with Gasteiger partial charge in [-0.05, 0) is 6.92 Å². The minimum absolute atomic E-state index is 0.456. The van der Waals surface area contributed by atoms with Crippen LogP contribution in [0.3, 0.4) is 0 Å². The molecule has 0 bridgehead atoms. The van der Waals surface area contributed by atoms with E-state index in [4.69, 9.17) is 10.2 Å². The van der Waals surface area contributed by atoms with E-state index in [1.165, 1.54) is 0 Å². The van der Waals surface area contributed by atoms with Crippen molar-refractivity contribution in [1.29, 1.82) is 0 Å². The minimum atomic E-state index is -5.54. The predicted molar refractivity (Wildman–Crippen MR) is 33.1 cm³/mol. The van der Waals surface area contributed by atoms with Crippen LogP contribution in [-0.2, 0) is 0 Å². The zero-order valence-electron chi connectivity index (χ0n) is 6.95. The summed E-state index contributed by atoms with van der Waals surface area (Å²) < 4.78 is 70.8. The van der Waals surface area contributed by atoms with E-state index < -0.39 is 30.5 Å². The Labute approximate surface area is 75.1 Å². The number of alkyl halides is 6. The SMILES string of the molecule is CC(O)(O)CC(C(F)(F)F)C(F)(F)F. The average Bonchev–Trinajstić information content (AvgIpc) is 1.75. The predicted octanol–water partition coefficient (Wildman–Crippen LogP) is 1.82. The van der Waals surface area contributed by atoms with Gasteiger partial charge in [-0.15, -0.1) is 0 Å². The third-order valence-corrected chi connectivity index (χ3v) is 1.38. The molecule has 0 fully saturated rings. The Morgan fingerprint density at radius 3 is 1.29 bits per heavy atom. The van der Waals surface area contributed by atoms with Gasteiger partial charge in [-0.25, -0.2) is 0 Å². The van der Waals surface area contributed by atoms with Crippen molar-refractivity contribution in [3.63, 3.8) is 0 Å². The molecule has 0 amide bonds. The van der Waals surface area contributed by atoms with Crippen molar-refractivity contribution in [1.82, 2.24) is 0 Å². The largest absolute Gasteiger partial charge is 0.400 e. The van der Waals surface area contributed by atoms with E-state index in [-0.39, 0.29) is 0 Å². The van der Waals surface area contributed by atoms with Gasteiger partial charge in [0, 0.05) is 6.42 Å². The van der Waals surface area contributed by atoms with Crippen LogP contribution in [-0.4, -0.2) is 28.4 Å². The lowest BCUT2D eigenvalue weighted by Crippen LogP contribution is -2.42. The van der Waals surface area contributed by atoms with Gasteiger partial charge in [0.2, 0.25) is 0 Å². The number of hydrogen-bond donors (Lipinski definition) is 2. The van der Waals surface area contributed by atoms with Crippen LogP contribution in [0.15, 0.2) is 0 Å². The van der Waals surface area contributed by atoms with E-state index >= 15 is 0 Å². The van der Waals surface area contributed by atoms with Gasteiger partial charge in [0.15, 0.2) is 11.7 Å². The van der Waals surface area contributed by atoms with Crippen molar-refractivity contribution < 1.29 is 36.6 Å². The van der Waals surface area contributed by atoms with Gasteiger partial charge in [-0.2, -0.15) is 26.3 Å². The van der Waals surface area contributed by atoms with E-state index in [0.717, 1.165) is 0 Å². The van der Waals surface area contributed by atoms with Crippen molar-refractivity contribution in [3.8, 4) is 0 Å². The van der Waals surface area contributed by atoms with Crippen molar-refractivity contribution in [2.75, 3.05) is 0 Å². The zero-order chi connectivity index (χ0) is 11.8. The molecule has 0 aliphatic heterocycles. The molecule has 0 aromatic heterocycles. The van der Waals surface area contributed by atoms with E-state index in [0.29, 0.717) is 6.92 Å². The van der Waals surface area contributed by atoms with E-state index in [2.05, 4.69) is 0 Å². The summed E-state index contributed by atoms with van der Waals surface area (Å²) in [6.45, 7) is 0.456. The Morgan fingerprint density at radius 2 is 1.21 bits per heavy atom. The molecule has 0 aliphatic carbocycles. The molecule has 0 aromatic rings. The fraction of sp³-hybridized carbons (Fsp3) is 1.00. The van der Waals surface area contributed by atoms with Gasteiger partial charge < -0.3 is 10.2 Å². The Kier molecular flexibility index (Phi) is 3.45. The minimum Gasteiger partial charge on any atom is -0.366 e. The maximum absolute atomic E-state index is 11.8. The van der Waals surface area contributed by atoms with E-state index in [1.807, 2.05) is 0 Å². The molecule has 14 heavy (non-hydrogen) atoms. The van der Waals surface area contributed by atoms with Gasteiger partial charge in [-0.3, -0.25) is 0 Å². The second kappa shape index (κ2) is 3.58. The standard InChI is InChI=1S/C6H8F6O2/c1-4(13,14)2-3(5(7,8)9)6(10,11)12/h3,13-14H,2H2,1H3. The van der Waals surface area contributed by atoms with Crippen LogP contribution in [0.25, 0.3) is 0 Å². The molecule has 0 aliphatic rings. The Morgan fingerprint density at radius 1 is 0.929 bits per heavy atom. The fourth-order valence-corrected chi connectivity index (χ4v) is 0.804.